The fourth-order valence-corrected chi connectivity index (χ4v) is 1.46. The number of carboxylic acids is 1. The Morgan fingerprint density at radius 3 is 2.41 bits per heavy atom. The normalized spacial score (nSPS) is 11.6. The third-order valence-corrected chi connectivity index (χ3v) is 2.38. The molecule has 0 fully saturated rings. The zero-order valence-corrected chi connectivity index (χ0v) is 9.62. The lowest BCUT2D eigenvalue weighted by Gasteiger charge is -2.25. The highest BCUT2D eigenvalue weighted by atomic mass is 16.5. The van der Waals surface area contributed by atoms with E-state index >= 15 is 0 Å². The summed E-state index contributed by atoms with van der Waals surface area (Å²) >= 11 is 0. The van der Waals surface area contributed by atoms with Crippen molar-refractivity contribution >= 4 is 11.7 Å². The largest absolute Gasteiger partial charge is 0.548 e. The molecule has 1 unspecified atom stereocenters. The Kier molecular flexibility index (Phi) is 4.45. The Balaban J connectivity index is 2.99. The summed E-state index contributed by atoms with van der Waals surface area (Å²) < 4.78 is 4.96. The predicted molar refractivity (Wildman–Crippen MR) is 60.4 cm³/mol. The van der Waals surface area contributed by atoms with Gasteiger partial charge in [-0.1, -0.05) is 6.92 Å². The van der Waals surface area contributed by atoms with Crippen molar-refractivity contribution in [3.8, 4) is 5.75 Å². The van der Waals surface area contributed by atoms with E-state index in [0.29, 0.717) is 11.4 Å². The summed E-state index contributed by atoms with van der Waals surface area (Å²) in [5.41, 5.74) is 0.386. The molecule has 0 aliphatic heterocycles. The molecule has 0 spiro atoms. The highest BCUT2D eigenvalue weighted by Crippen LogP contribution is 2.22. The zero-order valence-electron chi connectivity index (χ0n) is 9.62. The number of benzene rings is 1. The fourth-order valence-electron chi connectivity index (χ4n) is 1.46. The van der Waals surface area contributed by atoms with Crippen LogP contribution in [0.1, 0.15) is 13.3 Å². The minimum absolute atomic E-state index is 0.222. The second kappa shape index (κ2) is 5.83. The lowest BCUT2D eigenvalue weighted by molar-refractivity contribution is -0.307. The van der Waals surface area contributed by atoms with Crippen LogP contribution in [-0.4, -0.2) is 19.1 Å². The second-order valence-electron chi connectivity index (χ2n) is 3.37. The monoisotopic (exact) mass is 237 g/mol. The minimum Gasteiger partial charge on any atom is -0.548 e. The van der Waals surface area contributed by atoms with Crippen molar-refractivity contribution in [2.24, 2.45) is 5.29 Å². The molecule has 0 amide bonds. The van der Waals surface area contributed by atoms with Crippen molar-refractivity contribution in [2.75, 3.05) is 12.1 Å². The van der Waals surface area contributed by atoms with Gasteiger partial charge in [0.2, 0.25) is 0 Å². The Morgan fingerprint density at radius 2 is 2.06 bits per heavy atom. The van der Waals surface area contributed by atoms with E-state index in [2.05, 4.69) is 5.29 Å². The van der Waals surface area contributed by atoms with Crippen molar-refractivity contribution in [1.29, 1.82) is 0 Å². The van der Waals surface area contributed by atoms with Gasteiger partial charge < -0.3 is 14.6 Å². The number of hydrogen-bond acceptors (Lipinski definition) is 5. The highest BCUT2D eigenvalue weighted by Gasteiger charge is 2.19. The molecule has 0 aliphatic rings. The van der Waals surface area contributed by atoms with E-state index in [9.17, 15) is 14.8 Å². The molecular weight excluding hydrogens is 224 g/mol. The Bertz CT molecular complexity index is 391. The van der Waals surface area contributed by atoms with E-state index in [1.54, 1.807) is 31.2 Å². The molecule has 1 rings (SSSR count). The van der Waals surface area contributed by atoms with Gasteiger partial charge in [0.05, 0.1) is 30.1 Å². The summed E-state index contributed by atoms with van der Waals surface area (Å²) in [7, 11) is 1.51. The number of methoxy groups -OCH3 is 1. The summed E-state index contributed by atoms with van der Waals surface area (Å²) in [5, 5.41) is 14.5. The predicted octanol–water partition coefficient (Wildman–Crippen LogP) is 0.711. The van der Waals surface area contributed by atoms with Crippen molar-refractivity contribution in [2.45, 2.75) is 19.4 Å². The van der Waals surface area contributed by atoms with Gasteiger partial charge in [0.15, 0.2) is 0 Å². The van der Waals surface area contributed by atoms with Crippen molar-refractivity contribution in [3.63, 3.8) is 0 Å². The smallest absolute Gasteiger partial charge is 0.119 e. The van der Waals surface area contributed by atoms with Gasteiger partial charge in [0.25, 0.3) is 0 Å². The molecule has 1 aromatic carbocycles. The molecule has 17 heavy (non-hydrogen) atoms. The lowest BCUT2D eigenvalue weighted by Crippen LogP contribution is -2.45. The first-order chi connectivity index (χ1) is 8.13. The molecule has 0 N–H and O–H groups in total. The van der Waals surface area contributed by atoms with Crippen LogP contribution in [0.25, 0.3) is 0 Å². The number of aliphatic carboxylic acids is 1. The summed E-state index contributed by atoms with van der Waals surface area (Å²) in [5.74, 6) is -0.719. The molecule has 92 valence electrons. The molecule has 1 atom stereocenters. The first kappa shape index (κ1) is 13.0. The van der Waals surface area contributed by atoms with Crippen LogP contribution in [0, 0.1) is 4.91 Å². The number of ether oxygens (including phenoxy) is 1. The first-order valence-electron chi connectivity index (χ1n) is 5.11. The van der Waals surface area contributed by atoms with Gasteiger partial charge in [-0.2, -0.15) is 0 Å². The molecule has 0 saturated heterocycles. The van der Waals surface area contributed by atoms with Crippen molar-refractivity contribution in [3.05, 3.63) is 29.2 Å². The van der Waals surface area contributed by atoms with E-state index in [4.69, 9.17) is 4.74 Å². The molecular formula is C11H13N2O4-. The number of rotatable bonds is 6. The number of hydrogen-bond donors (Lipinski definition) is 0. The summed E-state index contributed by atoms with van der Waals surface area (Å²) in [6.07, 6.45) is 0.222. The van der Waals surface area contributed by atoms with Crippen LogP contribution >= 0.6 is 0 Å². The third kappa shape index (κ3) is 2.93. The van der Waals surface area contributed by atoms with E-state index in [1.807, 2.05) is 0 Å². The van der Waals surface area contributed by atoms with E-state index < -0.39 is 12.0 Å². The second-order valence-corrected chi connectivity index (χ2v) is 3.37. The van der Waals surface area contributed by atoms with Gasteiger partial charge in [-0.15, -0.1) is 4.91 Å². The average Bonchev–Trinajstić information content (AvgIpc) is 2.35. The number of carbonyl (C=O) groups is 1. The van der Waals surface area contributed by atoms with Crippen LogP contribution in [-0.2, 0) is 4.79 Å². The number of nitrogens with zero attached hydrogens (tertiary/aromatic N) is 2. The molecule has 0 radical (unpaired) electrons. The van der Waals surface area contributed by atoms with Gasteiger partial charge in [0, 0.05) is 0 Å². The first-order valence-corrected chi connectivity index (χ1v) is 5.11. The van der Waals surface area contributed by atoms with Crippen LogP contribution in [0.4, 0.5) is 5.69 Å². The quantitative estimate of drug-likeness (QED) is 0.537. The maximum atomic E-state index is 10.9. The van der Waals surface area contributed by atoms with Crippen LogP contribution in [0.3, 0.4) is 0 Å². The zero-order chi connectivity index (χ0) is 12.8. The number of anilines is 1. The summed E-state index contributed by atoms with van der Waals surface area (Å²) in [4.78, 5) is 21.6. The SMILES string of the molecule is CCC(C(=O)[O-])N(N=O)c1ccc(OC)cc1. The van der Waals surface area contributed by atoms with Crippen molar-refractivity contribution < 1.29 is 14.6 Å². The van der Waals surface area contributed by atoms with E-state index in [-0.39, 0.29) is 6.42 Å². The summed E-state index contributed by atoms with van der Waals surface area (Å²) in [6.45, 7) is 1.64. The van der Waals surface area contributed by atoms with Gasteiger partial charge in [-0.05, 0) is 30.7 Å². The third-order valence-electron chi connectivity index (χ3n) is 2.38. The van der Waals surface area contributed by atoms with Gasteiger partial charge in [-0.25, -0.2) is 5.01 Å². The van der Waals surface area contributed by atoms with Gasteiger partial charge in [-0.3, -0.25) is 0 Å². The topological polar surface area (TPSA) is 82.0 Å². The Labute approximate surface area is 98.8 Å². The molecule has 0 aromatic heterocycles. The molecule has 0 aliphatic carbocycles. The van der Waals surface area contributed by atoms with Gasteiger partial charge in [0.1, 0.15) is 5.75 Å². The molecule has 0 bridgehead atoms. The highest BCUT2D eigenvalue weighted by molar-refractivity contribution is 5.76. The van der Waals surface area contributed by atoms with Crippen LogP contribution < -0.4 is 14.9 Å². The van der Waals surface area contributed by atoms with E-state index in [1.165, 1.54) is 7.11 Å². The summed E-state index contributed by atoms with van der Waals surface area (Å²) in [6, 6.07) is 5.30. The molecule has 0 heterocycles. The number of nitroso groups, excluding NO2 is 1. The molecule has 6 nitrogen and oxygen atoms in total. The Hall–Kier alpha value is -2.11. The standard InChI is InChI=1S/C11H14N2O4/c1-3-10(11(14)15)13(12-16)8-4-6-9(17-2)7-5-8/h4-7,10H,3H2,1-2H3,(H,14,15)/p-1. The van der Waals surface area contributed by atoms with Gasteiger partial charge >= 0.3 is 0 Å². The van der Waals surface area contributed by atoms with Crippen molar-refractivity contribution in [1.82, 2.24) is 0 Å². The van der Waals surface area contributed by atoms with E-state index in [0.717, 1.165) is 5.01 Å². The molecule has 0 saturated carbocycles. The maximum Gasteiger partial charge on any atom is 0.119 e. The Morgan fingerprint density at radius 1 is 1.47 bits per heavy atom. The average molecular weight is 237 g/mol. The fraction of sp³-hybridized carbons (Fsp3) is 0.364. The minimum atomic E-state index is -1.33. The van der Waals surface area contributed by atoms with Crippen LogP contribution in [0.15, 0.2) is 29.6 Å². The van der Waals surface area contributed by atoms with Crippen LogP contribution in [0.5, 0.6) is 5.75 Å². The maximum absolute atomic E-state index is 10.9. The number of carbonyl (C=O) groups excluding carboxylic acids is 1. The lowest BCUT2D eigenvalue weighted by atomic mass is 10.2. The van der Waals surface area contributed by atoms with Crippen LogP contribution in [0.2, 0.25) is 0 Å². The molecule has 1 aromatic rings. The number of carboxylic acid groups (broad SMARTS) is 1. The molecule has 6 heteroatoms.